The lowest BCUT2D eigenvalue weighted by atomic mass is 10.0. The Balaban J connectivity index is 2.30. The molecule has 0 saturated heterocycles. The Kier molecular flexibility index (Phi) is 2.44. The highest BCUT2D eigenvalue weighted by atomic mass is 19.1. The number of pyridine rings is 1. The van der Waals surface area contributed by atoms with Crippen molar-refractivity contribution in [2.45, 2.75) is 6.29 Å². The SMILES string of the molecule is O=Cc1cc(F)c(C2OC=CO2)c2ccncc12. The normalized spacial score (nSPS) is 14.5. The van der Waals surface area contributed by atoms with Gasteiger partial charge in [-0.15, -0.1) is 0 Å². The molecule has 0 bridgehead atoms. The summed E-state index contributed by atoms with van der Waals surface area (Å²) in [6.07, 6.45) is 5.53. The summed E-state index contributed by atoms with van der Waals surface area (Å²) >= 11 is 0. The second kappa shape index (κ2) is 4.10. The number of aldehydes is 1. The third kappa shape index (κ3) is 1.52. The van der Waals surface area contributed by atoms with Crippen LogP contribution in [0, 0.1) is 5.82 Å². The number of carbonyl (C=O) groups excluding carboxylic acids is 1. The molecule has 2 aromatic rings. The van der Waals surface area contributed by atoms with E-state index in [4.69, 9.17) is 9.47 Å². The quantitative estimate of drug-likeness (QED) is 0.763. The first-order valence-corrected chi connectivity index (χ1v) is 5.28. The number of benzene rings is 1. The molecule has 0 radical (unpaired) electrons. The first kappa shape index (κ1) is 10.7. The van der Waals surface area contributed by atoms with E-state index in [1.807, 2.05) is 0 Å². The van der Waals surface area contributed by atoms with Crippen LogP contribution in [0.3, 0.4) is 0 Å². The van der Waals surface area contributed by atoms with Crippen LogP contribution in [0.2, 0.25) is 0 Å². The third-order valence-corrected chi connectivity index (χ3v) is 2.78. The van der Waals surface area contributed by atoms with Crippen molar-refractivity contribution in [1.82, 2.24) is 4.98 Å². The fourth-order valence-corrected chi connectivity index (χ4v) is 1.99. The number of rotatable bonds is 2. The molecule has 0 spiro atoms. The van der Waals surface area contributed by atoms with Gasteiger partial charge in [-0.1, -0.05) is 0 Å². The standard InChI is InChI=1S/C13H8FNO3/c14-11-5-8(7-16)10-6-15-2-1-9(10)12(11)13-17-3-4-18-13/h1-7,13H. The zero-order chi connectivity index (χ0) is 12.5. The summed E-state index contributed by atoms with van der Waals surface area (Å²) in [4.78, 5) is 14.9. The van der Waals surface area contributed by atoms with Gasteiger partial charge in [-0.3, -0.25) is 9.78 Å². The van der Waals surface area contributed by atoms with Gasteiger partial charge in [0, 0.05) is 23.3 Å². The Labute approximate surface area is 102 Å². The van der Waals surface area contributed by atoms with Crippen LogP contribution < -0.4 is 0 Å². The molecule has 0 atom stereocenters. The van der Waals surface area contributed by atoms with Gasteiger partial charge < -0.3 is 9.47 Å². The smallest absolute Gasteiger partial charge is 0.269 e. The Hall–Kier alpha value is -2.43. The van der Waals surface area contributed by atoms with Crippen LogP contribution in [-0.2, 0) is 9.47 Å². The number of carbonyl (C=O) groups is 1. The lowest BCUT2D eigenvalue weighted by Gasteiger charge is -2.15. The maximum Gasteiger partial charge on any atom is 0.269 e. The zero-order valence-corrected chi connectivity index (χ0v) is 9.17. The van der Waals surface area contributed by atoms with Gasteiger partial charge in [-0.2, -0.15) is 0 Å². The molecule has 2 heterocycles. The topological polar surface area (TPSA) is 48.4 Å². The number of hydrogen-bond acceptors (Lipinski definition) is 4. The average Bonchev–Trinajstić information content (AvgIpc) is 2.91. The van der Waals surface area contributed by atoms with Gasteiger partial charge >= 0.3 is 0 Å². The summed E-state index contributed by atoms with van der Waals surface area (Å²) in [5.74, 6) is -0.537. The van der Waals surface area contributed by atoms with E-state index in [0.29, 0.717) is 17.1 Å². The minimum absolute atomic E-state index is 0.255. The second-order valence-electron chi connectivity index (χ2n) is 3.78. The van der Waals surface area contributed by atoms with E-state index in [0.717, 1.165) is 6.07 Å². The Morgan fingerprint density at radius 1 is 1.28 bits per heavy atom. The van der Waals surface area contributed by atoms with Crippen molar-refractivity contribution >= 4 is 17.1 Å². The molecule has 1 aliphatic rings. The van der Waals surface area contributed by atoms with Gasteiger partial charge in [0.25, 0.3) is 6.29 Å². The lowest BCUT2D eigenvalue weighted by molar-refractivity contribution is -0.0259. The molecule has 3 rings (SSSR count). The molecule has 0 saturated carbocycles. The Morgan fingerprint density at radius 2 is 2.06 bits per heavy atom. The summed E-state index contributed by atoms with van der Waals surface area (Å²) in [5, 5.41) is 1.13. The highest BCUT2D eigenvalue weighted by molar-refractivity contribution is 5.99. The van der Waals surface area contributed by atoms with Crippen LogP contribution >= 0.6 is 0 Å². The van der Waals surface area contributed by atoms with Crippen LogP contribution in [0.4, 0.5) is 4.39 Å². The van der Waals surface area contributed by atoms with Crippen LogP contribution in [0.5, 0.6) is 0 Å². The van der Waals surface area contributed by atoms with E-state index in [9.17, 15) is 9.18 Å². The van der Waals surface area contributed by atoms with E-state index >= 15 is 0 Å². The van der Waals surface area contributed by atoms with E-state index in [1.54, 1.807) is 6.07 Å². The largest absolute Gasteiger partial charge is 0.455 e. The van der Waals surface area contributed by atoms with E-state index < -0.39 is 12.1 Å². The van der Waals surface area contributed by atoms with Gasteiger partial charge in [0.1, 0.15) is 18.3 Å². The second-order valence-corrected chi connectivity index (χ2v) is 3.78. The Bertz CT molecular complexity index is 646. The van der Waals surface area contributed by atoms with Crippen molar-refractivity contribution in [1.29, 1.82) is 0 Å². The van der Waals surface area contributed by atoms with Crippen molar-refractivity contribution in [3.8, 4) is 0 Å². The monoisotopic (exact) mass is 245 g/mol. The highest BCUT2D eigenvalue weighted by Crippen LogP contribution is 2.33. The zero-order valence-electron chi connectivity index (χ0n) is 9.17. The van der Waals surface area contributed by atoms with Gasteiger partial charge in [-0.05, 0) is 17.5 Å². The minimum Gasteiger partial charge on any atom is -0.455 e. The molecule has 0 aliphatic carbocycles. The van der Waals surface area contributed by atoms with Gasteiger partial charge in [0.15, 0.2) is 6.29 Å². The summed E-state index contributed by atoms with van der Waals surface area (Å²) in [5.41, 5.74) is 0.522. The van der Waals surface area contributed by atoms with Crippen LogP contribution in [0.25, 0.3) is 10.8 Å². The molecule has 5 heteroatoms. The molecule has 18 heavy (non-hydrogen) atoms. The van der Waals surface area contributed by atoms with E-state index in [1.165, 1.54) is 24.9 Å². The van der Waals surface area contributed by atoms with Crippen LogP contribution in [-0.4, -0.2) is 11.3 Å². The highest BCUT2D eigenvalue weighted by Gasteiger charge is 2.24. The fourth-order valence-electron chi connectivity index (χ4n) is 1.99. The van der Waals surface area contributed by atoms with Gasteiger partial charge in [-0.25, -0.2) is 4.39 Å². The summed E-state index contributed by atoms with van der Waals surface area (Å²) in [6, 6.07) is 2.79. The molecular weight excluding hydrogens is 237 g/mol. The number of fused-ring (bicyclic) bond motifs is 1. The van der Waals surface area contributed by atoms with Crippen molar-refractivity contribution in [2.24, 2.45) is 0 Å². The molecule has 0 N–H and O–H groups in total. The minimum atomic E-state index is -0.824. The molecule has 0 fully saturated rings. The van der Waals surface area contributed by atoms with E-state index in [2.05, 4.69) is 4.98 Å². The lowest BCUT2D eigenvalue weighted by Crippen LogP contribution is -2.04. The molecule has 90 valence electrons. The van der Waals surface area contributed by atoms with Crippen molar-refractivity contribution in [2.75, 3.05) is 0 Å². The summed E-state index contributed by atoms with van der Waals surface area (Å²) in [6.45, 7) is 0. The number of nitrogens with zero attached hydrogens (tertiary/aromatic N) is 1. The predicted molar refractivity (Wildman–Crippen MR) is 61.1 cm³/mol. The number of hydrogen-bond donors (Lipinski definition) is 0. The van der Waals surface area contributed by atoms with Gasteiger partial charge in [0.2, 0.25) is 0 Å². The van der Waals surface area contributed by atoms with Crippen molar-refractivity contribution in [3.05, 3.63) is 54.0 Å². The van der Waals surface area contributed by atoms with Crippen LogP contribution in [0.15, 0.2) is 37.1 Å². The molecular formula is C13H8FNO3. The van der Waals surface area contributed by atoms with E-state index in [-0.39, 0.29) is 11.1 Å². The molecule has 4 nitrogen and oxygen atoms in total. The summed E-state index contributed by atoms with van der Waals surface area (Å²) in [7, 11) is 0. The maximum absolute atomic E-state index is 14.1. The first-order valence-electron chi connectivity index (χ1n) is 5.28. The summed E-state index contributed by atoms with van der Waals surface area (Å²) < 4.78 is 24.4. The van der Waals surface area contributed by atoms with Gasteiger partial charge in [0.05, 0.1) is 5.56 Å². The van der Waals surface area contributed by atoms with Crippen molar-refractivity contribution in [3.63, 3.8) is 0 Å². The number of halogens is 1. The number of ether oxygens (including phenoxy) is 2. The average molecular weight is 245 g/mol. The molecule has 1 aromatic heterocycles. The van der Waals surface area contributed by atoms with Crippen LogP contribution in [0.1, 0.15) is 22.2 Å². The molecule has 0 amide bonds. The van der Waals surface area contributed by atoms with Crippen molar-refractivity contribution < 1.29 is 18.7 Å². The third-order valence-electron chi connectivity index (χ3n) is 2.78. The molecule has 1 aliphatic heterocycles. The molecule has 0 unspecified atom stereocenters. The number of aromatic nitrogens is 1. The molecule has 1 aromatic carbocycles. The first-order chi connectivity index (χ1) is 8.81. The fraction of sp³-hybridized carbons (Fsp3) is 0.0769. The Morgan fingerprint density at radius 3 is 2.78 bits per heavy atom. The predicted octanol–water partition coefficient (Wildman–Crippen LogP) is 2.70. The maximum atomic E-state index is 14.1.